The Morgan fingerprint density at radius 3 is 3.27 bits per heavy atom. The summed E-state index contributed by atoms with van der Waals surface area (Å²) in [6.45, 7) is 2.26. The Morgan fingerprint density at radius 2 is 2.41 bits per heavy atom. The van der Waals surface area contributed by atoms with Crippen molar-refractivity contribution >= 4 is 11.6 Å². The van der Waals surface area contributed by atoms with Gasteiger partial charge in [0.2, 0.25) is 0 Å². The number of aryl methyl sites for hydroxylation is 1. The highest BCUT2D eigenvalue weighted by Gasteiger charge is 2.14. The third kappa shape index (κ3) is 3.73. The molecule has 118 valence electrons. The van der Waals surface area contributed by atoms with Gasteiger partial charge in [0.25, 0.3) is 0 Å². The second-order valence-corrected chi connectivity index (χ2v) is 5.44. The molecule has 0 amide bonds. The van der Waals surface area contributed by atoms with E-state index in [2.05, 4.69) is 20.5 Å². The minimum atomic E-state index is 0.239. The molecule has 1 fully saturated rings. The quantitative estimate of drug-likeness (QED) is 0.467. The summed E-state index contributed by atoms with van der Waals surface area (Å²) in [5.74, 6) is 1.45. The lowest BCUT2D eigenvalue weighted by Gasteiger charge is -2.08. The molecule has 1 aliphatic heterocycles. The minimum absolute atomic E-state index is 0.239. The average molecular weight is 302 g/mol. The number of aliphatic imine (C=N–C) groups is 1. The van der Waals surface area contributed by atoms with Crippen molar-refractivity contribution in [2.75, 3.05) is 19.7 Å². The molecule has 0 aliphatic carbocycles. The summed E-state index contributed by atoms with van der Waals surface area (Å²) in [7, 11) is 0. The first-order chi connectivity index (χ1) is 10.8. The predicted octanol–water partition coefficient (Wildman–Crippen LogP) is 0.745. The molecule has 1 atom stereocenters. The van der Waals surface area contributed by atoms with E-state index in [1.54, 1.807) is 0 Å². The van der Waals surface area contributed by atoms with Gasteiger partial charge >= 0.3 is 0 Å². The minimum Gasteiger partial charge on any atom is -0.376 e. The van der Waals surface area contributed by atoms with E-state index in [0.717, 1.165) is 50.3 Å². The number of nitrogens with one attached hydrogen (secondary N) is 1. The smallest absolute Gasteiger partial charge is 0.188 e. The fraction of sp³-hybridized carbons (Fsp3) is 0.533. The van der Waals surface area contributed by atoms with Gasteiger partial charge in [0.1, 0.15) is 5.82 Å². The standard InChI is InChI=1S/C15H22N6O/c16-15(18-11-12-5-4-10-22-12)17-8-3-7-14-20-19-13-6-1-2-9-21(13)14/h1-2,6,9,12H,3-5,7-8,10-11H2,(H3,16,17,18). The number of hydrogen-bond donors (Lipinski definition) is 2. The number of rotatable bonds is 6. The number of hydrogen-bond acceptors (Lipinski definition) is 4. The first kappa shape index (κ1) is 14.8. The van der Waals surface area contributed by atoms with E-state index in [4.69, 9.17) is 10.5 Å². The molecule has 0 saturated carbocycles. The van der Waals surface area contributed by atoms with Crippen LogP contribution < -0.4 is 11.1 Å². The molecule has 22 heavy (non-hydrogen) atoms. The van der Waals surface area contributed by atoms with Gasteiger partial charge in [-0.2, -0.15) is 0 Å². The molecule has 0 aromatic carbocycles. The van der Waals surface area contributed by atoms with Crippen molar-refractivity contribution in [3.63, 3.8) is 0 Å². The lowest BCUT2D eigenvalue weighted by Crippen LogP contribution is -2.33. The molecule has 3 rings (SSSR count). The molecule has 2 aromatic rings. The van der Waals surface area contributed by atoms with Crippen LogP contribution in [0.1, 0.15) is 25.1 Å². The molecule has 3 heterocycles. The van der Waals surface area contributed by atoms with Gasteiger partial charge in [-0.1, -0.05) is 6.07 Å². The second-order valence-electron chi connectivity index (χ2n) is 5.44. The highest BCUT2D eigenvalue weighted by atomic mass is 16.5. The van der Waals surface area contributed by atoms with E-state index < -0.39 is 0 Å². The molecule has 1 aliphatic rings. The summed E-state index contributed by atoms with van der Waals surface area (Å²) >= 11 is 0. The van der Waals surface area contributed by atoms with E-state index in [1.165, 1.54) is 0 Å². The summed E-state index contributed by atoms with van der Waals surface area (Å²) in [6.07, 6.45) is 6.19. The fourth-order valence-electron chi connectivity index (χ4n) is 2.57. The van der Waals surface area contributed by atoms with E-state index in [0.29, 0.717) is 12.5 Å². The van der Waals surface area contributed by atoms with Crippen molar-refractivity contribution in [3.8, 4) is 0 Å². The molecule has 3 N–H and O–H groups in total. The molecular formula is C15H22N6O. The largest absolute Gasteiger partial charge is 0.376 e. The van der Waals surface area contributed by atoms with Crippen LogP contribution >= 0.6 is 0 Å². The monoisotopic (exact) mass is 302 g/mol. The molecule has 0 bridgehead atoms. The van der Waals surface area contributed by atoms with Crippen LogP contribution in [0.4, 0.5) is 0 Å². The zero-order valence-corrected chi connectivity index (χ0v) is 12.6. The number of pyridine rings is 1. The van der Waals surface area contributed by atoms with Gasteiger partial charge in [-0.15, -0.1) is 10.2 Å². The maximum Gasteiger partial charge on any atom is 0.188 e. The highest BCUT2D eigenvalue weighted by molar-refractivity contribution is 5.77. The molecule has 0 radical (unpaired) electrons. The first-order valence-corrected chi connectivity index (χ1v) is 7.77. The number of ether oxygens (including phenoxy) is 1. The van der Waals surface area contributed by atoms with Gasteiger partial charge in [0, 0.05) is 25.8 Å². The van der Waals surface area contributed by atoms with Gasteiger partial charge < -0.3 is 15.8 Å². The maximum atomic E-state index is 5.85. The van der Waals surface area contributed by atoms with E-state index in [1.807, 2.05) is 28.8 Å². The lowest BCUT2D eigenvalue weighted by atomic mass is 10.2. The molecule has 7 heteroatoms. The van der Waals surface area contributed by atoms with Gasteiger partial charge in [-0.05, 0) is 31.4 Å². The molecular weight excluding hydrogens is 280 g/mol. The Labute approximate surface area is 129 Å². The van der Waals surface area contributed by atoms with Gasteiger partial charge in [-0.3, -0.25) is 9.39 Å². The zero-order chi connectivity index (χ0) is 15.2. The second kappa shape index (κ2) is 7.22. The average Bonchev–Trinajstić information content (AvgIpc) is 3.19. The first-order valence-electron chi connectivity index (χ1n) is 7.77. The number of nitrogens with two attached hydrogens (primary N) is 1. The van der Waals surface area contributed by atoms with Gasteiger partial charge in [0.15, 0.2) is 11.6 Å². The Hall–Kier alpha value is -2.15. The van der Waals surface area contributed by atoms with Crippen LogP contribution in [0.3, 0.4) is 0 Å². The highest BCUT2D eigenvalue weighted by Crippen LogP contribution is 2.11. The molecule has 1 unspecified atom stereocenters. The molecule has 2 aromatic heterocycles. The number of aromatic nitrogens is 3. The molecule has 1 saturated heterocycles. The van der Waals surface area contributed by atoms with Crippen molar-refractivity contribution in [3.05, 3.63) is 30.2 Å². The van der Waals surface area contributed by atoms with Crippen LogP contribution in [0, 0.1) is 0 Å². The number of guanidine groups is 1. The van der Waals surface area contributed by atoms with Crippen molar-refractivity contribution < 1.29 is 4.74 Å². The van der Waals surface area contributed by atoms with Crippen LogP contribution in [0.25, 0.3) is 5.65 Å². The van der Waals surface area contributed by atoms with Crippen LogP contribution in [0.2, 0.25) is 0 Å². The van der Waals surface area contributed by atoms with Crippen molar-refractivity contribution in [2.45, 2.75) is 31.8 Å². The Morgan fingerprint density at radius 1 is 1.45 bits per heavy atom. The van der Waals surface area contributed by atoms with E-state index in [9.17, 15) is 0 Å². The third-order valence-corrected chi connectivity index (χ3v) is 3.76. The lowest BCUT2D eigenvalue weighted by molar-refractivity contribution is 0.118. The third-order valence-electron chi connectivity index (χ3n) is 3.76. The SMILES string of the molecule is NC(=NCC1CCCO1)NCCCc1nnc2ccccn12. The van der Waals surface area contributed by atoms with Crippen LogP contribution in [0.5, 0.6) is 0 Å². The maximum absolute atomic E-state index is 5.85. The van der Waals surface area contributed by atoms with Crippen molar-refractivity contribution in [1.29, 1.82) is 0 Å². The van der Waals surface area contributed by atoms with Crippen molar-refractivity contribution in [2.24, 2.45) is 10.7 Å². The molecule has 7 nitrogen and oxygen atoms in total. The van der Waals surface area contributed by atoms with Gasteiger partial charge in [0.05, 0.1) is 12.6 Å². The fourth-order valence-corrected chi connectivity index (χ4v) is 2.57. The van der Waals surface area contributed by atoms with Crippen LogP contribution in [-0.2, 0) is 11.2 Å². The predicted molar refractivity (Wildman–Crippen MR) is 84.8 cm³/mol. The summed E-state index contributed by atoms with van der Waals surface area (Å²) in [6, 6.07) is 5.89. The van der Waals surface area contributed by atoms with Gasteiger partial charge in [-0.25, -0.2) is 0 Å². The Balaban J connectivity index is 1.40. The number of nitrogens with zero attached hydrogens (tertiary/aromatic N) is 4. The van der Waals surface area contributed by atoms with E-state index in [-0.39, 0.29) is 6.10 Å². The summed E-state index contributed by atoms with van der Waals surface area (Å²) in [4.78, 5) is 4.32. The Bertz CT molecular complexity index is 632. The Kier molecular flexibility index (Phi) is 4.85. The summed E-state index contributed by atoms with van der Waals surface area (Å²) in [5, 5.41) is 11.5. The van der Waals surface area contributed by atoms with Crippen molar-refractivity contribution in [1.82, 2.24) is 19.9 Å². The summed E-state index contributed by atoms with van der Waals surface area (Å²) in [5.41, 5.74) is 6.73. The van der Waals surface area contributed by atoms with E-state index >= 15 is 0 Å². The normalized spacial score (nSPS) is 18.9. The topological polar surface area (TPSA) is 89.8 Å². The number of fused-ring (bicyclic) bond motifs is 1. The molecule has 0 spiro atoms. The van der Waals surface area contributed by atoms with Crippen LogP contribution in [0.15, 0.2) is 29.4 Å². The summed E-state index contributed by atoms with van der Waals surface area (Å²) < 4.78 is 7.52. The zero-order valence-electron chi connectivity index (χ0n) is 12.6. The van der Waals surface area contributed by atoms with Crippen LogP contribution in [-0.4, -0.2) is 46.4 Å².